The van der Waals surface area contributed by atoms with Gasteiger partial charge in [-0.3, -0.25) is 0 Å². The third-order valence-electron chi connectivity index (χ3n) is 1.97. The Labute approximate surface area is 107 Å². The van der Waals surface area contributed by atoms with Gasteiger partial charge in [-0.1, -0.05) is 48.0 Å². The van der Waals surface area contributed by atoms with E-state index in [4.69, 9.17) is 0 Å². The van der Waals surface area contributed by atoms with Crippen LogP contribution in [0.5, 0.6) is 0 Å². The lowest BCUT2D eigenvalue weighted by molar-refractivity contribution is 1.07. The molecule has 0 saturated carbocycles. The van der Waals surface area contributed by atoms with Crippen molar-refractivity contribution in [2.45, 2.75) is 20.8 Å². The minimum absolute atomic E-state index is 1.11. The molecular weight excluding hydrogens is 206 g/mol. The standard InChI is InChI=1S/C7H13N.C7H8.C2H4/c1-6(2)7(3)5-8-4;1-7-5-3-2-4-6-7;1-2/h5,8H,1H2,2-4H3;2-6H,1H3;1-2H2/b7-5+;;. The first kappa shape index (κ1) is 17.6. The summed E-state index contributed by atoms with van der Waals surface area (Å²) in [5.74, 6) is 0. The molecule has 0 atom stereocenters. The molecule has 1 aromatic carbocycles. The minimum Gasteiger partial charge on any atom is -0.394 e. The largest absolute Gasteiger partial charge is 0.394 e. The monoisotopic (exact) mass is 231 g/mol. The lowest BCUT2D eigenvalue weighted by Crippen LogP contribution is -1.94. The number of benzene rings is 1. The fraction of sp³-hybridized carbons (Fsp3) is 0.250. The summed E-state index contributed by atoms with van der Waals surface area (Å²) in [5, 5.41) is 2.93. The van der Waals surface area contributed by atoms with Crippen molar-refractivity contribution in [2.75, 3.05) is 7.05 Å². The second kappa shape index (κ2) is 12.3. The summed E-state index contributed by atoms with van der Waals surface area (Å²) < 4.78 is 0. The zero-order valence-corrected chi connectivity index (χ0v) is 11.6. The predicted molar refractivity (Wildman–Crippen MR) is 80.1 cm³/mol. The molecule has 94 valence electrons. The SMILES string of the molecule is C=C.C=C(C)/C(C)=C/NC.Cc1ccccc1. The Morgan fingerprint density at radius 1 is 1.12 bits per heavy atom. The van der Waals surface area contributed by atoms with E-state index in [-0.39, 0.29) is 0 Å². The average Bonchev–Trinajstić information content (AvgIpc) is 2.33. The van der Waals surface area contributed by atoms with Crippen molar-refractivity contribution in [1.82, 2.24) is 5.32 Å². The van der Waals surface area contributed by atoms with Gasteiger partial charge in [0.15, 0.2) is 0 Å². The number of allylic oxidation sites excluding steroid dienone is 2. The highest BCUT2D eigenvalue weighted by Crippen LogP contribution is 2.01. The van der Waals surface area contributed by atoms with E-state index < -0.39 is 0 Å². The molecule has 0 aliphatic rings. The lowest BCUT2D eigenvalue weighted by Gasteiger charge is -1.95. The quantitative estimate of drug-likeness (QED) is 0.584. The van der Waals surface area contributed by atoms with Gasteiger partial charge in [-0.05, 0) is 32.5 Å². The van der Waals surface area contributed by atoms with Crippen LogP contribution in [0.25, 0.3) is 0 Å². The third-order valence-corrected chi connectivity index (χ3v) is 1.97. The van der Waals surface area contributed by atoms with Gasteiger partial charge in [-0.15, -0.1) is 13.2 Å². The molecule has 1 aromatic rings. The normalized spacial score (nSPS) is 9.06. The van der Waals surface area contributed by atoms with E-state index in [9.17, 15) is 0 Å². The second-order valence-electron chi connectivity index (χ2n) is 3.55. The number of rotatable bonds is 2. The maximum Gasteiger partial charge on any atom is 0.00278 e. The molecule has 1 rings (SSSR count). The molecule has 1 nitrogen and oxygen atoms in total. The molecule has 0 saturated heterocycles. The molecule has 0 spiro atoms. The van der Waals surface area contributed by atoms with E-state index >= 15 is 0 Å². The van der Waals surface area contributed by atoms with Crippen LogP contribution in [0, 0.1) is 6.92 Å². The fourth-order valence-corrected chi connectivity index (χ4v) is 0.874. The molecule has 0 radical (unpaired) electrons. The molecule has 0 bridgehead atoms. The van der Waals surface area contributed by atoms with Crippen molar-refractivity contribution in [3.05, 3.63) is 73.0 Å². The van der Waals surface area contributed by atoms with Gasteiger partial charge < -0.3 is 5.32 Å². The van der Waals surface area contributed by atoms with Gasteiger partial charge in [-0.2, -0.15) is 0 Å². The van der Waals surface area contributed by atoms with Crippen molar-refractivity contribution < 1.29 is 0 Å². The van der Waals surface area contributed by atoms with Crippen molar-refractivity contribution in [2.24, 2.45) is 0 Å². The first-order chi connectivity index (χ1) is 8.07. The molecular formula is C16H25N. The van der Waals surface area contributed by atoms with Crippen molar-refractivity contribution >= 4 is 0 Å². The fourth-order valence-electron chi connectivity index (χ4n) is 0.874. The lowest BCUT2D eigenvalue weighted by atomic mass is 10.2. The maximum atomic E-state index is 3.77. The Hall–Kier alpha value is -1.76. The molecule has 1 heteroatoms. The van der Waals surface area contributed by atoms with Crippen LogP contribution in [0.2, 0.25) is 0 Å². The van der Waals surface area contributed by atoms with Crippen molar-refractivity contribution in [3.63, 3.8) is 0 Å². The molecule has 0 aromatic heterocycles. The smallest absolute Gasteiger partial charge is 0.00278 e. The summed E-state index contributed by atoms with van der Waals surface area (Å²) >= 11 is 0. The highest BCUT2D eigenvalue weighted by Gasteiger charge is 1.83. The van der Waals surface area contributed by atoms with Crippen LogP contribution in [0.3, 0.4) is 0 Å². The highest BCUT2D eigenvalue weighted by molar-refractivity contribution is 5.22. The minimum atomic E-state index is 1.11. The molecule has 0 aliphatic heterocycles. The van der Waals surface area contributed by atoms with E-state index in [1.54, 1.807) is 0 Å². The van der Waals surface area contributed by atoms with Crippen molar-refractivity contribution in [1.29, 1.82) is 0 Å². The number of hydrogen-bond donors (Lipinski definition) is 1. The van der Waals surface area contributed by atoms with E-state index in [0.717, 1.165) is 5.57 Å². The number of hydrogen-bond acceptors (Lipinski definition) is 1. The van der Waals surface area contributed by atoms with E-state index in [2.05, 4.69) is 44.1 Å². The van der Waals surface area contributed by atoms with Gasteiger partial charge >= 0.3 is 0 Å². The second-order valence-corrected chi connectivity index (χ2v) is 3.55. The van der Waals surface area contributed by atoms with Crippen LogP contribution in [0.1, 0.15) is 19.4 Å². The molecule has 0 amide bonds. The van der Waals surface area contributed by atoms with Gasteiger partial charge in [0.05, 0.1) is 0 Å². The van der Waals surface area contributed by atoms with E-state index in [1.165, 1.54) is 11.1 Å². The first-order valence-corrected chi connectivity index (χ1v) is 5.59. The Kier molecular flexibility index (Phi) is 12.8. The van der Waals surface area contributed by atoms with Crippen molar-refractivity contribution in [3.8, 4) is 0 Å². The van der Waals surface area contributed by atoms with E-state index in [1.807, 2.05) is 45.3 Å². The molecule has 0 unspecified atom stereocenters. The van der Waals surface area contributed by atoms with Crippen LogP contribution >= 0.6 is 0 Å². The van der Waals surface area contributed by atoms with Gasteiger partial charge in [0.25, 0.3) is 0 Å². The Bertz CT molecular complexity index is 323. The summed E-state index contributed by atoms with van der Waals surface area (Å²) in [6.07, 6.45) is 1.93. The zero-order chi connectivity index (χ0) is 13.7. The summed E-state index contributed by atoms with van der Waals surface area (Å²) in [7, 11) is 1.88. The number of nitrogens with one attached hydrogen (secondary N) is 1. The molecule has 0 aliphatic carbocycles. The average molecular weight is 231 g/mol. The zero-order valence-electron chi connectivity index (χ0n) is 11.6. The van der Waals surface area contributed by atoms with Crippen LogP contribution in [0.4, 0.5) is 0 Å². The first-order valence-electron chi connectivity index (χ1n) is 5.59. The van der Waals surface area contributed by atoms with Crippen LogP contribution in [0.15, 0.2) is 67.4 Å². The molecule has 17 heavy (non-hydrogen) atoms. The highest BCUT2D eigenvalue weighted by atomic mass is 14.8. The third kappa shape index (κ3) is 12.2. The van der Waals surface area contributed by atoms with Gasteiger partial charge in [-0.25, -0.2) is 0 Å². The Morgan fingerprint density at radius 2 is 1.59 bits per heavy atom. The molecule has 0 fully saturated rings. The summed E-state index contributed by atoms with van der Waals surface area (Å²) in [5.41, 5.74) is 3.63. The summed E-state index contributed by atoms with van der Waals surface area (Å²) in [6, 6.07) is 10.3. The van der Waals surface area contributed by atoms with E-state index in [0.29, 0.717) is 0 Å². The van der Waals surface area contributed by atoms with Crippen LogP contribution < -0.4 is 5.32 Å². The Balaban J connectivity index is 0. The molecule has 0 heterocycles. The van der Waals surface area contributed by atoms with Gasteiger partial charge in [0, 0.05) is 7.05 Å². The summed E-state index contributed by atoms with van der Waals surface area (Å²) in [6.45, 7) is 15.9. The predicted octanol–water partition coefficient (Wildman–Crippen LogP) is 4.48. The van der Waals surface area contributed by atoms with Gasteiger partial charge in [0.2, 0.25) is 0 Å². The summed E-state index contributed by atoms with van der Waals surface area (Å²) in [4.78, 5) is 0. The van der Waals surface area contributed by atoms with Gasteiger partial charge in [0.1, 0.15) is 0 Å². The number of aryl methyl sites for hydroxylation is 1. The maximum absolute atomic E-state index is 3.77. The topological polar surface area (TPSA) is 12.0 Å². The Morgan fingerprint density at radius 3 is 1.76 bits per heavy atom. The van der Waals surface area contributed by atoms with Crippen LogP contribution in [-0.2, 0) is 0 Å². The van der Waals surface area contributed by atoms with Crippen LogP contribution in [-0.4, -0.2) is 7.05 Å². The molecule has 1 N–H and O–H groups in total.